The summed E-state index contributed by atoms with van der Waals surface area (Å²) in [5.41, 5.74) is 7.59. The Hall–Kier alpha value is -3.34. The highest BCUT2D eigenvalue weighted by atomic mass is 16.6. The molecular formula is C28H31N3O2. The number of hydrogen-bond donors (Lipinski definition) is 0. The SMILES string of the molecule is CC(C)(C)OC(=O)N=C1C(=CN2CCc3ccccc32)CCC1=CN1CCc2ccccc21. The molecule has 1 saturated carbocycles. The zero-order valence-electron chi connectivity index (χ0n) is 19.7. The number of carbonyl (C=O) groups excluding carboxylic acids is 1. The average Bonchev–Trinajstić information content (AvgIpc) is 3.47. The highest BCUT2D eigenvalue weighted by molar-refractivity contribution is 6.18. The second kappa shape index (κ2) is 8.54. The number of benzene rings is 2. The van der Waals surface area contributed by atoms with E-state index in [0.29, 0.717) is 0 Å². The van der Waals surface area contributed by atoms with Gasteiger partial charge in [-0.3, -0.25) is 0 Å². The molecule has 2 aromatic carbocycles. The second-order valence-electron chi connectivity index (χ2n) is 9.89. The second-order valence-corrected chi connectivity index (χ2v) is 9.89. The van der Waals surface area contributed by atoms with Crippen LogP contribution in [0.2, 0.25) is 0 Å². The van der Waals surface area contributed by atoms with Crippen molar-refractivity contribution in [1.82, 2.24) is 0 Å². The van der Waals surface area contributed by atoms with E-state index in [9.17, 15) is 4.79 Å². The summed E-state index contributed by atoms with van der Waals surface area (Å²) in [5.74, 6) is 0. The zero-order chi connectivity index (χ0) is 23.0. The molecule has 5 nitrogen and oxygen atoms in total. The van der Waals surface area contributed by atoms with Gasteiger partial charge in [0, 0.05) is 36.9 Å². The molecule has 2 heterocycles. The molecule has 0 bridgehead atoms. The maximum Gasteiger partial charge on any atom is 0.434 e. The summed E-state index contributed by atoms with van der Waals surface area (Å²) in [4.78, 5) is 21.8. The number of hydrogen-bond acceptors (Lipinski definition) is 4. The summed E-state index contributed by atoms with van der Waals surface area (Å²) in [5, 5.41) is 0. The van der Waals surface area contributed by atoms with Crippen molar-refractivity contribution in [3.05, 3.63) is 83.2 Å². The van der Waals surface area contributed by atoms with Gasteiger partial charge in [-0.1, -0.05) is 36.4 Å². The molecule has 0 aromatic heterocycles. The molecule has 0 N–H and O–H groups in total. The van der Waals surface area contributed by atoms with Crippen LogP contribution in [0.15, 0.2) is 77.1 Å². The molecule has 0 atom stereocenters. The topological polar surface area (TPSA) is 45.1 Å². The molecule has 2 aliphatic heterocycles. The van der Waals surface area contributed by atoms with Crippen molar-refractivity contribution in [2.45, 2.75) is 52.1 Å². The Labute approximate surface area is 196 Å². The number of carbonyl (C=O) groups is 1. The van der Waals surface area contributed by atoms with Crippen LogP contribution >= 0.6 is 0 Å². The molecule has 1 aliphatic carbocycles. The Balaban J connectivity index is 1.49. The van der Waals surface area contributed by atoms with Crippen LogP contribution in [0.3, 0.4) is 0 Å². The maximum atomic E-state index is 12.7. The number of para-hydroxylation sites is 2. The van der Waals surface area contributed by atoms with Crippen molar-refractivity contribution in [2.75, 3.05) is 22.9 Å². The van der Waals surface area contributed by atoms with Gasteiger partial charge in [0.2, 0.25) is 0 Å². The van der Waals surface area contributed by atoms with E-state index in [1.54, 1.807) is 0 Å². The van der Waals surface area contributed by atoms with Gasteiger partial charge in [-0.05, 0) is 80.9 Å². The summed E-state index contributed by atoms with van der Waals surface area (Å²) in [7, 11) is 0. The minimum atomic E-state index is -0.574. The van der Waals surface area contributed by atoms with Crippen LogP contribution in [-0.4, -0.2) is 30.5 Å². The van der Waals surface area contributed by atoms with E-state index in [4.69, 9.17) is 4.74 Å². The molecule has 5 rings (SSSR count). The molecule has 0 unspecified atom stereocenters. The molecule has 0 radical (unpaired) electrons. The van der Waals surface area contributed by atoms with Crippen LogP contribution in [-0.2, 0) is 17.6 Å². The maximum absolute atomic E-state index is 12.7. The Morgan fingerprint density at radius 3 is 1.79 bits per heavy atom. The minimum Gasteiger partial charge on any atom is -0.442 e. The first-order valence-electron chi connectivity index (χ1n) is 11.8. The van der Waals surface area contributed by atoms with E-state index in [2.05, 4.69) is 75.7 Å². The molecule has 170 valence electrons. The van der Waals surface area contributed by atoms with Gasteiger partial charge in [-0.25, -0.2) is 4.79 Å². The van der Waals surface area contributed by atoms with Gasteiger partial charge in [0.25, 0.3) is 0 Å². The Bertz CT molecular complexity index is 1090. The Kier molecular flexibility index (Phi) is 5.57. The fraction of sp³-hybridized carbons (Fsp3) is 0.357. The normalized spacial score (nSPS) is 19.9. The predicted octanol–water partition coefficient (Wildman–Crippen LogP) is 6.05. The van der Waals surface area contributed by atoms with Gasteiger partial charge in [-0.2, -0.15) is 4.99 Å². The average molecular weight is 442 g/mol. The molecule has 3 aliphatic rings. The zero-order valence-corrected chi connectivity index (χ0v) is 19.7. The van der Waals surface area contributed by atoms with E-state index < -0.39 is 11.7 Å². The smallest absolute Gasteiger partial charge is 0.434 e. The van der Waals surface area contributed by atoms with Gasteiger partial charge in [-0.15, -0.1) is 0 Å². The lowest BCUT2D eigenvalue weighted by Gasteiger charge is -2.19. The van der Waals surface area contributed by atoms with Crippen molar-refractivity contribution >= 4 is 23.2 Å². The molecule has 0 saturated heterocycles. The van der Waals surface area contributed by atoms with Gasteiger partial charge < -0.3 is 14.5 Å². The number of anilines is 2. The number of fused-ring (bicyclic) bond motifs is 2. The molecule has 5 heteroatoms. The lowest BCUT2D eigenvalue weighted by atomic mass is 10.1. The van der Waals surface area contributed by atoms with E-state index in [0.717, 1.165) is 55.6 Å². The van der Waals surface area contributed by atoms with E-state index in [1.807, 2.05) is 20.8 Å². The van der Waals surface area contributed by atoms with Crippen molar-refractivity contribution < 1.29 is 9.53 Å². The van der Waals surface area contributed by atoms with Crippen LogP contribution in [0.4, 0.5) is 16.2 Å². The quantitative estimate of drug-likeness (QED) is 0.569. The van der Waals surface area contributed by atoms with E-state index in [-0.39, 0.29) is 0 Å². The Morgan fingerprint density at radius 2 is 1.30 bits per heavy atom. The molecule has 1 amide bonds. The first-order chi connectivity index (χ1) is 15.9. The van der Waals surface area contributed by atoms with Gasteiger partial charge in [0.05, 0.1) is 5.71 Å². The van der Waals surface area contributed by atoms with Crippen molar-refractivity contribution in [3.8, 4) is 0 Å². The summed E-state index contributed by atoms with van der Waals surface area (Å²) < 4.78 is 5.54. The molecule has 0 spiro atoms. The van der Waals surface area contributed by atoms with Crippen LogP contribution < -0.4 is 9.80 Å². The standard InChI is InChI=1S/C28H31N3O2/c1-28(2,3)33-27(32)29-26-22(18-30-16-14-20-8-4-6-10-24(20)30)12-13-23(26)19-31-17-15-21-9-5-7-11-25(21)31/h4-11,18-19H,12-17H2,1-3H3. The van der Waals surface area contributed by atoms with Crippen molar-refractivity contribution in [2.24, 2.45) is 4.99 Å². The summed E-state index contributed by atoms with van der Waals surface area (Å²) in [6.07, 6.45) is 7.64. The lowest BCUT2D eigenvalue weighted by molar-refractivity contribution is 0.0604. The van der Waals surface area contributed by atoms with Crippen LogP contribution in [0.1, 0.15) is 44.7 Å². The number of amides is 1. The van der Waals surface area contributed by atoms with Gasteiger partial charge in [0.1, 0.15) is 5.60 Å². The van der Waals surface area contributed by atoms with E-state index in [1.165, 1.54) is 22.5 Å². The highest BCUT2D eigenvalue weighted by Gasteiger charge is 2.28. The van der Waals surface area contributed by atoms with Crippen LogP contribution in [0.5, 0.6) is 0 Å². The number of aliphatic imine (C=N–C) groups is 1. The molecule has 2 aromatic rings. The minimum absolute atomic E-state index is 0.528. The van der Waals surface area contributed by atoms with Gasteiger partial charge >= 0.3 is 6.09 Å². The fourth-order valence-corrected chi connectivity index (χ4v) is 4.86. The predicted molar refractivity (Wildman–Crippen MR) is 134 cm³/mol. The molecule has 33 heavy (non-hydrogen) atoms. The van der Waals surface area contributed by atoms with E-state index >= 15 is 0 Å². The molecule has 1 fully saturated rings. The monoisotopic (exact) mass is 441 g/mol. The fourth-order valence-electron chi connectivity index (χ4n) is 4.86. The Morgan fingerprint density at radius 1 is 0.818 bits per heavy atom. The highest BCUT2D eigenvalue weighted by Crippen LogP contribution is 2.35. The first kappa shape index (κ1) is 21.5. The van der Waals surface area contributed by atoms with Gasteiger partial charge in [0.15, 0.2) is 0 Å². The summed E-state index contributed by atoms with van der Waals surface area (Å²) in [6, 6.07) is 17.0. The van der Waals surface area contributed by atoms with Crippen LogP contribution in [0, 0.1) is 0 Å². The summed E-state index contributed by atoms with van der Waals surface area (Å²) >= 11 is 0. The molecular weight excluding hydrogens is 410 g/mol. The number of rotatable bonds is 2. The first-order valence-corrected chi connectivity index (χ1v) is 11.8. The van der Waals surface area contributed by atoms with Crippen LogP contribution in [0.25, 0.3) is 0 Å². The number of ether oxygens (including phenoxy) is 1. The number of nitrogens with zero attached hydrogens (tertiary/aromatic N) is 3. The number of allylic oxidation sites excluding steroid dienone is 2. The summed E-state index contributed by atoms with van der Waals surface area (Å²) in [6.45, 7) is 7.50. The van der Waals surface area contributed by atoms with Crippen molar-refractivity contribution in [3.63, 3.8) is 0 Å². The largest absolute Gasteiger partial charge is 0.442 e. The lowest BCUT2D eigenvalue weighted by Crippen LogP contribution is -2.23. The third-order valence-corrected chi connectivity index (χ3v) is 6.34. The third-order valence-electron chi connectivity index (χ3n) is 6.34. The third kappa shape index (κ3) is 4.58. The van der Waals surface area contributed by atoms with Crippen molar-refractivity contribution in [1.29, 1.82) is 0 Å².